The summed E-state index contributed by atoms with van der Waals surface area (Å²) < 4.78 is 8.89. The molecule has 0 radical (unpaired) electrons. The second-order valence-electron chi connectivity index (χ2n) is 14.0. The Bertz CT molecular complexity index is 3200. The molecular formula is C51H33N3O. The average molecular weight is 704 g/mol. The number of anilines is 3. The van der Waals surface area contributed by atoms with E-state index in [-0.39, 0.29) is 0 Å². The van der Waals surface area contributed by atoms with Gasteiger partial charge >= 0.3 is 0 Å². The highest BCUT2D eigenvalue weighted by Gasteiger charge is 2.21. The molecule has 0 bridgehead atoms. The van der Waals surface area contributed by atoms with Crippen molar-refractivity contribution >= 4 is 71.5 Å². The minimum absolute atomic E-state index is 0.620. The standard InChI is InChI=1S/C51H33N3O/c1-3-13-36(14-4-1)51-52-46-30-29-43-44(50(46)55-51)19-11-21-47(43)53(40-26-24-35(25-27-40)38-23-22-34-12-7-8-15-37(34)32-38)41-28-31-49-45(33-41)42-18-9-10-20-48(42)54(49)39-16-5-2-6-17-39/h1-33H. The van der Waals surface area contributed by atoms with E-state index < -0.39 is 0 Å². The third-order valence-electron chi connectivity index (χ3n) is 10.8. The molecule has 0 amide bonds. The van der Waals surface area contributed by atoms with Crippen LogP contribution < -0.4 is 4.90 Å². The molecule has 0 aliphatic heterocycles. The Morgan fingerprint density at radius 2 is 1.11 bits per heavy atom. The zero-order valence-corrected chi connectivity index (χ0v) is 29.8. The average Bonchev–Trinajstić information content (AvgIpc) is 3.85. The molecule has 0 aliphatic rings. The molecule has 9 aromatic carbocycles. The molecule has 55 heavy (non-hydrogen) atoms. The zero-order chi connectivity index (χ0) is 36.3. The van der Waals surface area contributed by atoms with Crippen LogP contribution in [0.2, 0.25) is 0 Å². The molecule has 11 aromatic rings. The van der Waals surface area contributed by atoms with Gasteiger partial charge in [0.1, 0.15) is 5.52 Å². The van der Waals surface area contributed by atoms with Gasteiger partial charge in [-0.2, -0.15) is 0 Å². The SMILES string of the molecule is c1ccc(-c2nc3ccc4c(N(c5ccc(-c6ccc7ccccc7c6)cc5)c5ccc6c(c5)c5ccccc5n6-c5ccccc5)cccc4c3o2)cc1. The van der Waals surface area contributed by atoms with Crippen molar-refractivity contribution in [2.75, 3.05) is 4.90 Å². The molecule has 258 valence electrons. The predicted octanol–water partition coefficient (Wildman–Crippen LogP) is 14.0. The third kappa shape index (κ3) is 5.19. The normalized spacial score (nSPS) is 11.6. The first-order chi connectivity index (χ1) is 27.3. The number of hydrogen-bond acceptors (Lipinski definition) is 3. The highest BCUT2D eigenvalue weighted by atomic mass is 16.3. The van der Waals surface area contributed by atoms with Crippen molar-refractivity contribution in [1.29, 1.82) is 0 Å². The lowest BCUT2D eigenvalue weighted by molar-refractivity contribution is 0.623. The molecule has 2 heterocycles. The van der Waals surface area contributed by atoms with E-state index in [0.717, 1.165) is 55.7 Å². The monoisotopic (exact) mass is 703 g/mol. The van der Waals surface area contributed by atoms with Crippen LogP contribution in [0.5, 0.6) is 0 Å². The van der Waals surface area contributed by atoms with Gasteiger partial charge in [0.2, 0.25) is 5.89 Å². The molecule has 4 nitrogen and oxygen atoms in total. The van der Waals surface area contributed by atoms with Crippen molar-refractivity contribution in [1.82, 2.24) is 9.55 Å². The van der Waals surface area contributed by atoms with Gasteiger partial charge in [-0.25, -0.2) is 4.98 Å². The zero-order valence-electron chi connectivity index (χ0n) is 29.8. The summed E-state index contributed by atoms with van der Waals surface area (Å²) in [7, 11) is 0. The first kappa shape index (κ1) is 31.1. The van der Waals surface area contributed by atoms with E-state index in [1.165, 1.54) is 38.2 Å². The Labute approximate surface area is 317 Å². The summed E-state index contributed by atoms with van der Waals surface area (Å²) in [6.45, 7) is 0. The van der Waals surface area contributed by atoms with Crippen molar-refractivity contribution in [3.8, 4) is 28.3 Å². The number of para-hydroxylation sites is 2. The van der Waals surface area contributed by atoms with E-state index in [4.69, 9.17) is 9.40 Å². The summed E-state index contributed by atoms with van der Waals surface area (Å²) in [6.07, 6.45) is 0. The molecule has 0 unspecified atom stereocenters. The van der Waals surface area contributed by atoms with Gasteiger partial charge in [-0.05, 0) is 107 Å². The first-order valence-electron chi connectivity index (χ1n) is 18.6. The molecule has 0 saturated carbocycles. The number of nitrogens with zero attached hydrogens (tertiary/aromatic N) is 3. The number of oxazole rings is 1. The smallest absolute Gasteiger partial charge is 0.227 e. The molecule has 0 fully saturated rings. The molecular weight excluding hydrogens is 671 g/mol. The summed E-state index contributed by atoms with van der Waals surface area (Å²) in [5, 5.41) is 6.98. The van der Waals surface area contributed by atoms with E-state index in [1.54, 1.807) is 0 Å². The van der Waals surface area contributed by atoms with Crippen LogP contribution in [0, 0.1) is 0 Å². The number of aromatic nitrogens is 2. The van der Waals surface area contributed by atoms with Crippen molar-refractivity contribution in [3.63, 3.8) is 0 Å². The second kappa shape index (κ2) is 12.6. The maximum absolute atomic E-state index is 6.53. The minimum atomic E-state index is 0.620. The maximum Gasteiger partial charge on any atom is 0.227 e. The van der Waals surface area contributed by atoms with Gasteiger partial charge in [0.05, 0.1) is 16.7 Å². The molecule has 0 N–H and O–H groups in total. The van der Waals surface area contributed by atoms with Crippen LogP contribution in [0.1, 0.15) is 0 Å². The number of benzene rings is 9. The van der Waals surface area contributed by atoms with E-state index in [0.29, 0.717) is 5.89 Å². The van der Waals surface area contributed by atoms with Crippen LogP contribution >= 0.6 is 0 Å². The Hall–Kier alpha value is -7.43. The van der Waals surface area contributed by atoms with Crippen molar-refractivity contribution in [2.24, 2.45) is 0 Å². The van der Waals surface area contributed by atoms with Crippen LogP contribution in [-0.2, 0) is 0 Å². The number of fused-ring (bicyclic) bond motifs is 7. The minimum Gasteiger partial charge on any atom is -0.435 e. The molecule has 0 spiro atoms. The molecule has 0 saturated heterocycles. The van der Waals surface area contributed by atoms with Crippen LogP contribution in [0.25, 0.3) is 82.7 Å². The fourth-order valence-electron chi connectivity index (χ4n) is 8.18. The van der Waals surface area contributed by atoms with Crippen molar-refractivity contribution in [3.05, 3.63) is 200 Å². The Balaban J connectivity index is 1.11. The summed E-state index contributed by atoms with van der Waals surface area (Å²) >= 11 is 0. The third-order valence-corrected chi connectivity index (χ3v) is 10.8. The van der Waals surface area contributed by atoms with Crippen LogP contribution in [0.4, 0.5) is 17.1 Å². The fraction of sp³-hybridized carbons (Fsp3) is 0. The Morgan fingerprint density at radius 3 is 1.96 bits per heavy atom. The van der Waals surface area contributed by atoms with Crippen molar-refractivity contribution in [2.45, 2.75) is 0 Å². The lowest BCUT2D eigenvalue weighted by Gasteiger charge is -2.27. The molecule has 0 aliphatic carbocycles. The van der Waals surface area contributed by atoms with Crippen LogP contribution in [0.3, 0.4) is 0 Å². The Kier molecular flexibility index (Phi) is 7.14. The lowest BCUT2D eigenvalue weighted by Crippen LogP contribution is -2.10. The van der Waals surface area contributed by atoms with Gasteiger partial charge in [-0.15, -0.1) is 0 Å². The fourth-order valence-corrected chi connectivity index (χ4v) is 8.18. The van der Waals surface area contributed by atoms with Gasteiger partial charge in [-0.3, -0.25) is 0 Å². The van der Waals surface area contributed by atoms with Gasteiger partial charge in [0.15, 0.2) is 5.58 Å². The van der Waals surface area contributed by atoms with Gasteiger partial charge in [0.25, 0.3) is 0 Å². The number of rotatable bonds is 6. The summed E-state index contributed by atoms with van der Waals surface area (Å²) in [6, 6.07) is 71.1. The van der Waals surface area contributed by atoms with Crippen LogP contribution in [-0.4, -0.2) is 9.55 Å². The van der Waals surface area contributed by atoms with E-state index >= 15 is 0 Å². The van der Waals surface area contributed by atoms with Gasteiger partial charge in [0, 0.05) is 44.2 Å². The van der Waals surface area contributed by atoms with Gasteiger partial charge in [-0.1, -0.05) is 115 Å². The van der Waals surface area contributed by atoms with Crippen LogP contribution in [0.15, 0.2) is 205 Å². The maximum atomic E-state index is 6.53. The lowest BCUT2D eigenvalue weighted by atomic mass is 10.0. The van der Waals surface area contributed by atoms with Crippen molar-refractivity contribution < 1.29 is 4.42 Å². The molecule has 11 rings (SSSR count). The number of hydrogen-bond donors (Lipinski definition) is 0. The highest BCUT2D eigenvalue weighted by Crippen LogP contribution is 2.44. The highest BCUT2D eigenvalue weighted by molar-refractivity contribution is 6.13. The molecule has 2 aromatic heterocycles. The predicted molar refractivity (Wildman–Crippen MR) is 229 cm³/mol. The van der Waals surface area contributed by atoms with E-state index in [2.05, 4.69) is 179 Å². The molecule has 4 heteroatoms. The summed E-state index contributed by atoms with van der Waals surface area (Å²) in [4.78, 5) is 7.27. The first-order valence-corrected chi connectivity index (χ1v) is 18.6. The van der Waals surface area contributed by atoms with E-state index in [1.807, 2.05) is 30.3 Å². The summed E-state index contributed by atoms with van der Waals surface area (Å²) in [5.74, 6) is 0.620. The Morgan fingerprint density at radius 1 is 0.418 bits per heavy atom. The topological polar surface area (TPSA) is 34.2 Å². The largest absolute Gasteiger partial charge is 0.435 e. The summed E-state index contributed by atoms with van der Waals surface area (Å²) in [5.41, 5.74) is 11.6. The quantitative estimate of drug-likeness (QED) is 0.173. The van der Waals surface area contributed by atoms with Gasteiger partial charge < -0.3 is 13.9 Å². The molecule has 0 atom stereocenters. The van der Waals surface area contributed by atoms with E-state index in [9.17, 15) is 0 Å². The second-order valence-corrected chi connectivity index (χ2v) is 14.0.